The zero-order valence-corrected chi connectivity index (χ0v) is 13.7. The average Bonchev–Trinajstić information content (AvgIpc) is 2.96. The Morgan fingerprint density at radius 3 is 2.68 bits per heavy atom. The van der Waals surface area contributed by atoms with E-state index >= 15 is 0 Å². The van der Waals surface area contributed by atoms with Gasteiger partial charge in [-0.2, -0.15) is 0 Å². The van der Waals surface area contributed by atoms with Gasteiger partial charge in [0.2, 0.25) is 5.95 Å². The number of carboxylic acid groups (broad SMARTS) is 1. The quantitative estimate of drug-likeness (QED) is 0.920. The van der Waals surface area contributed by atoms with Gasteiger partial charge in [0.1, 0.15) is 0 Å². The molecule has 1 aromatic heterocycles. The lowest BCUT2D eigenvalue weighted by atomic mass is 10.2. The minimum atomic E-state index is -0.948. The van der Waals surface area contributed by atoms with Crippen LogP contribution in [-0.4, -0.2) is 27.2 Å². The van der Waals surface area contributed by atoms with E-state index in [1.165, 1.54) is 0 Å². The first-order valence-electron chi connectivity index (χ1n) is 7.00. The van der Waals surface area contributed by atoms with Crippen molar-refractivity contribution in [1.29, 1.82) is 0 Å². The molecule has 0 atom stereocenters. The lowest BCUT2D eigenvalue weighted by molar-refractivity contribution is 0.0684. The van der Waals surface area contributed by atoms with Crippen molar-refractivity contribution in [3.8, 4) is 0 Å². The molecule has 2 aromatic rings. The highest BCUT2D eigenvalue weighted by Gasteiger charge is 2.31. The molecule has 5 nitrogen and oxygen atoms in total. The van der Waals surface area contributed by atoms with Gasteiger partial charge in [0.05, 0.1) is 16.4 Å². The van der Waals surface area contributed by atoms with Gasteiger partial charge in [0, 0.05) is 18.1 Å². The Morgan fingerprint density at radius 1 is 1.36 bits per heavy atom. The van der Waals surface area contributed by atoms with Crippen LogP contribution in [0.15, 0.2) is 12.1 Å². The van der Waals surface area contributed by atoms with E-state index in [2.05, 4.69) is 4.98 Å². The predicted molar refractivity (Wildman–Crippen MR) is 86.8 cm³/mol. The monoisotopic (exact) mass is 339 g/mol. The molecule has 7 heteroatoms. The topological polar surface area (TPSA) is 58.4 Å². The number of imidazole rings is 1. The minimum Gasteiger partial charge on any atom is -0.477 e. The summed E-state index contributed by atoms with van der Waals surface area (Å²) in [6, 6.07) is 3.53. The normalized spacial score (nSPS) is 13.5. The van der Waals surface area contributed by atoms with Crippen LogP contribution in [0.3, 0.4) is 0 Å². The Labute approximate surface area is 138 Å². The van der Waals surface area contributed by atoms with Crippen LogP contribution in [-0.2, 0) is 13.0 Å². The van der Waals surface area contributed by atoms with Crippen molar-refractivity contribution in [1.82, 2.24) is 9.55 Å². The summed E-state index contributed by atoms with van der Waals surface area (Å²) in [5.41, 5.74) is 2.62. The maximum atomic E-state index is 11.5. The van der Waals surface area contributed by atoms with Gasteiger partial charge in [-0.3, -0.25) is 0 Å². The summed E-state index contributed by atoms with van der Waals surface area (Å²) < 4.78 is 1.74. The number of carbonyl (C=O) groups is 1. The Morgan fingerprint density at radius 2 is 2.09 bits per heavy atom. The molecule has 0 radical (unpaired) electrons. The molecule has 0 unspecified atom stereocenters. The third kappa shape index (κ3) is 2.25. The molecule has 0 saturated heterocycles. The van der Waals surface area contributed by atoms with Crippen LogP contribution in [0.2, 0.25) is 10.0 Å². The summed E-state index contributed by atoms with van der Waals surface area (Å²) >= 11 is 12.4. The van der Waals surface area contributed by atoms with Crippen molar-refractivity contribution in [2.24, 2.45) is 0 Å². The molecule has 1 aliphatic rings. The van der Waals surface area contributed by atoms with E-state index in [1.54, 1.807) is 10.6 Å². The smallest absolute Gasteiger partial charge is 0.354 e. The number of aryl methyl sites for hydroxylation is 2. The van der Waals surface area contributed by atoms with Gasteiger partial charge in [0.15, 0.2) is 5.69 Å². The Bertz CT molecular complexity index is 747. The van der Waals surface area contributed by atoms with Gasteiger partial charge in [-0.1, -0.05) is 30.1 Å². The summed E-state index contributed by atoms with van der Waals surface area (Å²) in [6.07, 6.45) is 0.572. The number of rotatable bonds is 3. The number of aromatic carboxylic acids is 1. The first kappa shape index (κ1) is 15.2. The van der Waals surface area contributed by atoms with Gasteiger partial charge in [-0.15, -0.1) is 0 Å². The van der Waals surface area contributed by atoms with Crippen molar-refractivity contribution in [3.63, 3.8) is 0 Å². The Hall–Kier alpha value is -1.72. The lowest BCUT2D eigenvalue weighted by Gasteiger charge is -2.20. The van der Waals surface area contributed by atoms with Crippen LogP contribution in [0.25, 0.3) is 0 Å². The van der Waals surface area contributed by atoms with Crippen molar-refractivity contribution in [2.45, 2.75) is 26.8 Å². The van der Waals surface area contributed by atoms with E-state index in [1.807, 2.05) is 24.8 Å². The highest BCUT2D eigenvalue weighted by atomic mass is 35.5. The number of fused-ring (bicyclic) bond motifs is 1. The molecule has 1 aliphatic heterocycles. The van der Waals surface area contributed by atoms with Gasteiger partial charge in [0.25, 0.3) is 0 Å². The van der Waals surface area contributed by atoms with Gasteiger partial charge in [-0.05, 0) is 31.0 Å². The molecule has 0 bridgehead atoms. The van der Waals surface area contributed by atoms with Crippen molar-refractivity contribution >= 4 is 40.8 Å². The maximum Gasteiger partial charge on any atom is 0.354 e. The minimum absolute atomic E-state index is 0.266. The summed E-state index contributed by atoms with van der Waals surface area (Å²) in [6.45, 7) is 5.03. The highest BCUT2D eigenvalue weighted by Crippen LogP contribution is 2.39. The Kier molecular flexibility index (Phi) is 3.78. The summed E-state index contributed by atoms with van der Waals surface area (Å²) in [7, 11) is 0. The second kappa shape index (κ2) is 5.48. The molecule has 0 amide bonds. The van der Waals surface area contributed by atoms with E-state index < -0.39 is 5.97 Å². The standard InChI is InChI=1S/C15H15Cl2N3O2/c1-3-11-13(14(21)22)20-5-4-19(15(20)18-11)12-8(2)6-9(16)7-10(12)17/h6-7H,3-5H2,1-2H3,(H,21,22). The number of benzene rings is 1. The number of nitrogens with zero attached hydrogens (tertiary/aromatic N) is 3. The third-order valence-electron chi connectivity index (χ3n) is 3.83. The van der Waals surface area contributed by atoms with Crippen LogP contribution < -0.4 is 4.90 Å². The number of hydrogen-bond donors (Lipinski definition) is 1. The molecule has 1 N–H and O–H groups in total. The molecule has 0 spiro atoms. The molecule has 1 aromatic carbocycles. The summed E-state index contributed by atoms with van der Waals surface area (Å²) in [5.74, 6) is -0.321. The lowest BCUT2D eigenvalue weighted by Crippen LogP contribution is -2.16. The largest absolute Gasteiger partial charge is 0.477 e. The van der Waals surface area contributed by atoms with Gasteiger partial charge < -0.3 is 14.6 Å². The van der Waals surface area contributed by atoms with E-state index in [9.17, 15) is 9.90 Å². The maximum absolute atomic E-state index is 11.5. The molecule has 0 saturated carbocycles. The van der Waals surface area contributed by atoms with Crippen molar-refractivity contribution in [3.05, 3.63) is 39.1 Å². The van der Waals surface area contributed by atoms with Gasteiger partial charge in [-0.25, -0.2) is 9.78 Å². The van der Waals surface area contributed by atoms with Crippen LogP contribution >= 0.6 is 23.2 Å². The third-order valence-corrected chi connectivity index (χ3v) is 4.34. The summed E-state index contributed by atoms with van der Waals surface area (Å²) in [4.78, 5) is 18.0. The number of hydrogen-bond acceptors (Lipinski definition) is 3. The van der Waals surface area contributed by atoms with Crippen LogP contribution in [0.5, 0.6) is 0 Å². The first-order chi connectivity index (χ1) is 10.4. The fraction of sp³-hybridized carbons (Fsp3) is 0.333. The van der Waals surface area contributed by atoms with E-state index in [0.717, 1.165) is 11.3 Å². The fourth-order valence-corrected chi connectivity index (χ4v) is 3.64. The van der Waals surface area contributed by atoms with E-state index in [4.69, 9.17) is 23.2 Å². The molecular weight excluding hydrogens is 325 g/mol. The number of aromatic nitrogens is 2. The molecular formula is C15H15Cl2N3O2. The molecule has 0 aliphatic carbocycles. The predicted octanol–water partition coefficient (Wildman–Crippen LogP) is 3.91. The fourth-order valence-electron chi connectivity index (χ4n) is 2.94. The SMILES string of the molecule is CCc1nc2n(c1C(=O)O)CCN2c1c(C)cc(Cl)cc1Cl. The first-order valence-corrected chi connectivity index (χ1v) is 7.75. The molecule has 22 heavy (non-hydrogen) atoms. The molecule has 3 rings (SSSR count). The van der Waals surface area contributed by atoms with Gasteiger partial charge >= 0.3 is 5.97 Å². The molecule has 2 heterocycles. The molecule has 0 fully saturated rings. The second-order valence-electron chi connectivity index (χ2n) is 5.22. The Balaban J connectivity index is 2.15. The van der Waals surface area contributed by atoms with E-state index in [-0.39, 0.29) is 5.69 Å². The zero-order valence-electron chi connectivity index (χ0n) is 12.2. The van der Waals surface area contributed by atoms with Crippen LogP contribution in [0.1, 0.15) is 28.7 Å². The number of anilines is 2. The van der Waals surface area contributed by atoms with Crippen LogP contribution in [0, 0.1) is 6.92 Å². The number of halogens is 2. The second-order valence-corrected chi connectivity index (χ2v) is 6.07. The highest BCUT2D eigenvalue weighted by molar-refractivity contribution is 6.36. The summed E-state index contributed by atoms with van der Waals surface area (Å²) in [5, 5.41) is 10.5. The molecule has 116 valence electrons. The average molecular weight is 340 g/mol. The van der Waals surface area contributed by atoms with Crippen LogP contribution in [0.4, 0.5) is 11.6 Å². The van der Waals surface area contributed by atoms with Crippen molar-refractivity contribution < 1.29 is 9.90 Å². The van der Waals surface area contributed by atoms with E-state index in [0.29, 0.717) is 41.2 Å². The zero-order chi connectivity index (χ0) is 16.0. The number of carboxylic acids is 1. The van der Waals surface area contributed by atoms with Crippen molar-refractivity contribution in [2.75, 3.05) is 11.4 Å².